The summed E-state index contributed by atoms with van der Waals surface area (Å²) in [6.07, 6.45) is 0.482. The molecule has 3 aliphatic rings. The number of nitrogens with one attached hydrogen (secondary N) is 4. The lowest BCUT2D eigenvalue weighted by atomic mass is 9.88. The molecule has 3 aromatic rings. The number of ether oxygens (including phenoxy) is 2. The van der Waals surface area contributed by atoms with Gasteiger partial charge in [-0.3, -0.25) is 24.0 Å². The predicted octanol–water partition coefficient (Wildman–Crippen LogP) is 1.54. The molecular formula is C37H42ClN5O8. The van der Waals surface area contributed by atoms with Crippen LogP contribution in [-0.4, -0.2) is 96.1 Å². The van der Waals surface area contributed by atoms with Crippen LogP contribution in [0, 0.1) is 0 Å². The van der Waals surface area contributed by atoms with Crippen molar-refractivity contribution in [3.05, 3.63) is 95.0 Å². The van der Waals surface area contributed by atoms with Gasteiger partial charge in [-0.05, 0) is 54.4 Å². The van der Waals surface area contributed by atoms with E-state index in [0.717, 1.165) is 11.1 Å². The van der Waals surface area contributed by atoms with Gasteiger partial charge in [-0.15, -0.1) is 0 Å². The second-order valence-electron chi connectivity index (χ2n) is 12.6. The molecule has 0 aromatic heterocycles. The van der Waals surface area contributed by atoms with Crippen LogP contribution in [0.4, 0.5) is 0 Å². The predicted molar refractivity (Wildman–Crippen MR) is 188 cm³/mol. The van der Waals surface area contributed by atoms with Crippen molar-refractivity contribution in [3.63, 3.8) is 0 Å². The Morgan fingerprint density at radius 2 is 1.47 bits per heavy atom. The first-order valence-electron chi connectivity index (χ1n) is 16.8. The highest BCUT2D eigenvalue weighted by Gasteiger charge is 2.46. The van der Waals surface area contributed by atoms with E-state index in [9.17, 15) is 29.1 Å². The van der Waals surface area contributed by atoms with Crippen molar-refractivity contribution in [2.75, 3.05) is 32.8 Å². The smallest absolute Gasteiger partial charge is 0.265 e. The number of piperidine rings is 1. The summed E-state index contributed by atoms with van der Waals surface area (Å²) in [5.74, 6) is -1.80. The maximum absolute atomic E-state index is 14.4. The van der Waals surface area contributed by atoms with E-state index < -0.39 is 54.0 Å². The number of nitrogens with zero attached hydrogens (tertiary/aromatic N) is 1. The van der Waals surface area contributed by atoms with Gasteiger partial charge in [-0.1, -0.05) is 54.1 Å². The minimum absolute atomic E-state index is 0.0603. The Hall–Kier alpha value is -5.14. The number of benzene rings is 3. The number of carbonyl (C=O) groups excluding carboxylic acids is 5. The molecule has 3 atom stereocenters. The number of hydrogen-bond acceptors (Lipinski definition) is 8. The average molecular weight is 720 g/mol. The van der Waals surface area contributed by atoms with E-state index >= 15 is 0 Å². The third-order valence-electron chi connectivity index (χ3n) is 8.89. The van der Waals surface area contributed by atoms with Crippen LogP contribution in [0.3, 0.4) is 0 Å². The second kappa shape index (κ2) is 17.2. The topological polar surface area (TPSA) is 175 Å². The highest BCUT2D eigenvalue weighted by Crippen LogP contribution is 2.31. The van der Waals surface area contributed by atoms with Crippen molar-refractivity contribution >= 4 is 41.1 Å². The third kappa shape index (κ3) is 9.98. The van der Waals surface area contributed by atoms with Crippen LogP contribution in [0.25, 0.3) is 0 Å². The number of hydrogen-bond donors (Lipinski definition) is 5. The summed E-state index contributed by atoms with van der Waals surface area (Å²) in [7, 11) is 0. The molecule has 0 aliphatic carbocycles. The van der Waals surface area contributed by atoms with E-state index in [1.165, 1.54) is 6.92 Å². The summed E-state index contributed by atoms with van der Waals surface area (Å²) in [4.78, 5) is 68.8. The number of fused-ring (bicyclic) bond motifs is 15. The highest BCUT2D eigenvalue weighted by molar-refractivity contribution is 6.30. The second-order valence-corrected chi connectivity index (χ2v) is 13.0. The maximum atomic E-state index is 14.4. The van der Waals surface area contributed by atoms with E-state index in [4.69, 9.17) is 21.1 Å². The standard InChI is InChI=1S/C37H42ClN5O8/c1-24-33(46)39-17-20-50-28-11-13-29(14-12-28)51-37(15-18-43(19-16-37)32(45)22-26-7-9-27(38)10-8-26)36(49)42-30(21-25-5-3-2-4-6-25)34(47)41-31(23-44)35(48)40-24/h2-14,24,30-31,44H,15-23H2,1H3,(H,39,46)(H,40,48)(H,41,47)(H,42,49)/t24-,30+,31-/m0/s1. The Balaban J connectivity index is 1.42. The summed E-state index contributed by atoms with van der Waals surface area (Å²) in [5, 5.41) is 21.2. The molecule has 270 valence electrons. The molecule has 0 unspecified atom stereocenters. The van der Waals surface area contributed by atoms with Gasteiger partial charge in [0.05, 0.1) is 19.6 Å². The minimum atomic E-state index is -1.47. The zero-order chi connectivity index (χ0) is 36.4. The average Bonchev–Trinajstić information content (AvgIpc) is 3.13. The van der Waals surface area contributed by atoms with Gasteiger partial charge in [0.1, 0.15) is 36.2 Å². The van der Waals surface area contributed by atoms with Gasteiger partial charge in [-0.2, -0.15) is 0 Å². The number of halogens is 1. The molecule has 1 saturated heterocycles. The van der Waals surface area contributed by atoms with Crippen LogP contribution in [0.15, 0.2) is 78.9 Å². The highest BCUT2D eigenvalue weighted by atomic mass is 35.5. The fraction of sp³-hybridized carbons (Fsp3) is 0.378. The first-order chi connectivity index (χ1) is 24.5. The van der Waals surface area contributed by atoms with Crippen molar-refractivity contribution in [3.8, 4) is 11.5 Å². The Labute approximate surface area is 301 Å². The van der Waals surface area contributed by atoms with Crippen LogP contribution in [-0.2, 0) is 36.8 Å². The fourth-order valence-electron chi connectivity index (χ4n) is 5.90. The molecule has 6 rings (SSSR count). The monoisotopic (exact) mass is 719 g/mol. The molecule has 5 amide bonds. The van der Waals surface area contributed by atoms with Crippen LogP contribution in [0.1, 0.15) is 30.9 Å². The van der Waals surface area contributed by atoms with Crippen LogP contribution < -0.4 is 30.7 Å². The van der Waals surface area contributed by atoms with Crippen molar-refractivity contribution < 1.29 is 38.6 Å². The molecule has 14 heteroatoms. The largest absolute Gasteiger partial charge is 0.492 e. The number of rotatable bonds is 5. The Bertz CT molecular complexity index is 1680. The first-order valence-corrected chi connectivity index (χ1v) is 17.2. The lowest BCUT2D eigenvalue weighted by molar-refractivity contribution is -0.148. The number of carbonyl (C=O) groups is 5. The third-order valence-corrected chi connectivity index (χ3v) is 9.14. The van der Waals surface area contributed by atoms with Crippen molar-refractivity contribution in [1.29, 1.82) is 0 Å². The Morgan fingerprint density at radius 1 is 0.824 bits per heavy atom. The summed E-state index contributed by atoms with van der Waals surface area (Å²) in [6.45, 7) is 1.43. The van der Waals surface area contributed by atoms with Crippen molar-refractivity contribution in [2.24, 2.45) is 0 Å². The summed E-state index contributed by atoms with van der Waals surface area (Å²) < 4.78 is 12.2. The zero-order valence-electron chi connectivity index (χ0n) is 28.2. The van der Waals surface area contributed by atoms with Crippen molar-refractivity contribution in [1.82, 2.24) is 26.2 Å². The molecule has 1 spiro atoms. The lowest BCUT2D eigenvalue weighted by Gasteiger charge is -2.41. The molecule has 1 fully saturated rings. The molecule has 0 saturated carbocycles. The molecule has 3 heterocycles. The number of aliphatic hydroxyl groups excluding tert-OH is 1. The molecule has 5 N–H and O–H groups in total. The van der Waals surface area contributed by atoms with E-state index in [-0.39, 0.29) is 57.8 Å². The van der Waals surface area contributed by atoms with Gasteiger partial charge in [0, 0.05) is 37.4 Å². The van der Waals surface area contributed by atoms with Gasteiger partial charge >= 0.3 is 0 Å². The van der Waals surface area contributed by atoms with Gasteiger partial charge in [0.2, 0.25) is 23.6 Å². The molecule has 3 aromatic carbocycles. The molecule has 0 radical (unpaired) electrons. The normalized spacial score (nSPS) is 21.7. The Morgan fingerprint density at radius 3 is 2.14 bits per heavy atom. The molecule has 2 bridgehead atoms. The maximum Gasteiger partial charge on any atom is 0.265 e. The molecule has 3 aliphatic heterocycles. The molecule has 51 heavy (non-hydrogen) atoms. The summed E-state index contributed by atoms with van der Waals surface area (Å²) in [6, 6.07) is 19.2. The first kappa shape index (κ1) is 37.1. The number of amides is 5. The van der Waals surface area contributed by atoms with Crippen molar-refractivity contribution in [2.45, 2.75) is 56.3 Å². The van der Waals surface area contributed by atoms with Crippen LogP contribution in [0.5, 0.6) is 11.5 Å². The number of likely N-dealkylation sites (tertiary alicyclic amines) is 1. The fourth-order valence-corrected chi connectivity index (χ4v) is 6.03. The number of aliphatic hydroxyl groups is 1. The molecule has 13 nitrogen and oxygen atoms in total. The van der Waals surface area contributed by atoms with Gasteiger partial charge < -0.3 is 40.7 Å². The van der Waals surface area contributed by atoms with Crippen LogP contribution >= 0.6 is 11.6 Å². The SMILES string of the molecule is C[C@@H]1NC(=O)[C@H](CO)NC(=O)[C@@H](Cc2ccccc2)NC(=O)C2(CCN(C(=O)Cc3ccc(Cl)cc3)CC2)Oc2ccc(cc2)OCCNC1=O. The Kier molecular flexibility index (Phi) is 12.5. The van der Waals surface area contributed by atoms with Gasteiger partial charge in [-0.25, -0.2) is 0 Å². The van der Waals surface area contributed by atoms with E-state index in [2.05, 4.69) is 21.3 Å². The lowest BCUT2D eigenvalue weighted by Crippen LogP contribution is -2.63. The zero-order valence-corrected chi connectivity index (χ0v) is 29.0. The summed E-state index contributed by atoms with van der Waals surface area (Å²) >= 11 is 6.01. The quantitative estimate of drug-likeness (QED) is 0.247. The van der Waals surface area contributed by atoms with E-state index in [0.29, 0.717) is 16.5 Å². The van der Waals surface area contributed by atoms with E-state index in [1.807, 2.05) is 6.07 Å². The summed E-state index contributed by atoms with van der Waals surface area (Å²) in [5.41, 5.74) is 0.0732. The van der Waals surface area contributed by atoms with Crippen LogP contribution in [0.2, 0.25) is 5.02 Å². The van der Waals surface area contributed by atoms with Gasteiger partial charge in [0.25, 0.3) is 5.91 Å². The van der Waals surface area contributed by atoms with E-state index in [1.54, 1.807) is 77.7 Å². The van der Waals surface area contributed by atoms with Gasteiger partial charge in [0.15, 0.2) is 5.60 Å². The molecular weight excluding hydrogens is 678 g/mol. The minimum Gasteiger partial charge on any atom is -0.492 e.